The number of hydrogen-bond donors (Lipinski definition) is 1. The minimum Gasteiger partial charge on any atom is -0.454 e. The second-order valence-electron chi connectivity index (χ2n) is 4.54. The molecule has 1 aliphatic heterocycles. The van der Waals surface area contributed by atoms with Gasteiger partial charge >= 0.3 is 0 Å². The average molecular weight is 346 g/mol. The summed E-state index contributed by atoms with van der Waals surface area (Å²) in [4.78, 5) is 12.2. The van der Waals surface area contributed by atoms with Crippen molar-refractivity contribution in [1.29, 1.82) is 0 Å². The van der Waals surface area contributed by atoms with Crippen LogP contribution < -0.4 is 15.2 Å². The molecule has 2 N–H and O–H groups in total. The standard InChI is InChI=1S/C16H12BrNO3/c17-11-4-1-10(2-5-11)3-6-14(19)12-7-15-16(8-13(12)18)21-9-20-15/h1-8H,9,18H2. The lowest BCUT2D eigenvalue weighted by atomic mass is 10.1. The zero-order valence-electron chi connectivity index (χ0n) is 11.0. The monoisotopic (exact) mass is 345 g/mol. The molecule has 0 fully saturated rings. The van der Waals surface area contributed by atoms with Gasteiger partial charge in [0.25, 0.3) is 0 Å². The summed E-state index contributed by atoms with van der Waals surface area (Å²) in [6.45, 7) is 0.154. The van der Waals surface area contributed by atoms with E-state index in [4.69, 9.17) is 15.2 Å². The van der Waals surface area contributed by atoms with Crippen LogP contribution in [-0.4, -0.2) is 12.6 Å². The van der Waals surface area contributed by atoms with E-state index in [0.717, 1.165) is 10.0 Å². The summed E-state index contributed by atoms with van der Waals surface area (Å²) in [5.41, 5.74) is 7.61. The van der Waals surface area contributed by atoms with E-state index in [1.54, 1.807) is 18.2 Å². The number of halogens is 1. The van der Waals surface area contributed by atoms with Crippen LogP contribution in [0.5, 0.6) is 11.5 Å². The van der Waals surface area contributed by atoms with Crippen molar-refractivity contribution in [3.05, 3.63) is 58.1 Å². The Kier molecular flexibility index (Phi) is 3.66. The Hall–Kier alpha value is -2.27. The van der Waals surface area contributed by atoms with Gasteiger partial charge in [-0.25, -0.2) is 0 Å². The first-order chi connectivity index (χ1) is 10.1. The van der Waals surface area contributed by atoms with Crippen LogP contribution in [0.4, 0.5) is 5.69 Å². The molecule has 0 aromatic heterocycles. The van der Waals surface area contributed by atoms with Gasteiger partial charge in [0.05, 0.1) is 0 Å². The lowest BCUT2D eigenvalue weighted by Gasteiger charge is -2.04. The van der Waals surface area contributed by atoms with Gasteiger partial charge in [-0.3, -0.25) is 4.79 Å². The van der Waals surface area contributed by atoms with Gasteiger partial charge in [-0.05, 0) is 29.8 Å². The molecule has 21 heavy (non-hydrogen) atoms. The highest BCUT2D eigenvalue weighted by Crippen LogP contribution is 2.36. The van der Waals surface area contributed by atoms with Crippen molar-refractivity contribution >= 4 is 33.5 Å². The fraction of sp³-hybridized carbons (Fsp3) is 0.0625. The van der Waals surface area contributed by atoms with Crippen molar-refractivity contribution in [2.75, 3.05) is 12.5 Å². The van der Waals surface area contributed by atoms with Gasteiger partial charge in [-0.1, -0.05) is 34.1 Å². The van der Waals surface area contributed by atoms with Crippen LogP contribution in [0.2, 0.25) is 0 Å². The van der Waals surface area contributed by atoms with Crippen LogP contribution in [0.3, 0.4) is 0 Å². The zero-order chi connectivity index (χ0) is 14.8. The van der Waals surface area contributed by atoms with Crippen LogP contribution in [-0.2, 0) is 0 Å². The largest absolute Gasteiger partial charge is 0.454 e. The summed E-state index contributed by atoms with van der Waals surface area (Å²) in [5.74, 6) is 0.944. The zero-order valence-corrected chi connectivity index (χ0v) is 12.6. The second-order valence-corrected chi connectivity index (χ2v) is 5.46. The SMILES string of the molecule is Nc1cc2c(cc1C(=O)C=Cc1ccc(Br)cc1)OCO2. The van der Waals surface area contributed by atoms with Crippen molar-refractivity contribution in [3.8, 4) is 11.5 Å². The summed E-state index contributed by atoms with van der Waals surface area (Å²) >= 11 is 3.37. The molecule has 0 saturated carbocycles. The topological polar surface area (TPSA) is 61.6 Å². The number of benzene rings is 2. The summed E-state index contributed by atoms with van der Waals surface area (Å²) in [7, 11) is 0. The first-order valence-corrected chi connectivity index (χ1v) is 7.10. The molecule has 0 aliphatic carbocycles. The van der Waals surface area contributed by atoms with E-state index in [-0.39, 0.29) is 12.6 Å². The fourth-order valence-electron chi connectivity index (χ4n) is 2.01. The lowest BCUT2D eigenvalue weighted by molar-refractivity contribution is 0.104. The predicted octanol–water partition coefficient (Wildman–Crippen LogP) is 3.66. The van der Waals surface area contributed by atoms with Crippen molar-refractivity contribution in [2.24, 2.45) is 0 Å². The Morgan fingerprint density at radius 2 is 1.81 bits per heavy atom. The summed E-state index contributed by atoms with van der Waals surface area (Å²) < 4.78 is 11.5. The highest BCUT2D eigenvalue weighted by atomic mass is 79.9. The number of ketones is 1. The molecule has 1 aliphatic rings. The minimum absolute atomic E-state index is 0.154. The molecule has 0 radical (unpaired) electrons. The number of hydrogen-bond acceptors (Lipinski definition) is 4. The smallest absolute Gasteiger partial charge is 0.231 e. The molecular formula is C16H12BrNO3. The third-order valence-electron chi connectivity index (χ3n) is 3.11. The predicted molar refractivity (Wildman–Crippen MR) is 84.5 cm³/mol. The first kappa shape index (κ1) is 13.7. The Morgan fingerprint density at radius 1 is 1.14 bits per heavy atom. The number of allylic oxidation sites excluding steroid dienone is 1. The highest BCUT2D eigenvalue weighted by Gasteiger charge is 2.18. The molecule has 2 aromatic carbocycles. The van der Waals surface area contributed by atoms with Gasteiger partial charge in [-0.2, -0.15) is 0 Å². The van der Waals surface area contributed by atoms with E-state index in [1.807, 2.05) is 24.3 Å². The molecule has 5 heteroatoms. The third kappa shape index (κ3) is 2.92. The van der Waals surface area contributed by atoms with Gasteiger partial charge in [0.2, 0.25) is 6.79 Å². The average Bonchev–Trinajstić information content (AvgIpc) is 2.92. The van der Waals surface area contributed by atoms with Crippen molar-refractivity contribution in [2.45, 2.75) is 0 Å². The van der Waals surface area contributed by atoms with E-state index in [9.17, 15) is 4.79 Å². The van der Waals surface area contributed by atoms with Crippen LogP contribution in [0.1, 0.15) is 15.9 Å². The Bertz CT molecular complexity index is 723. The van der Waals surface area contributed by atoms with Gasteiger partial charge in [-0.15, -0.1) is 0 Å². The van der Waals surface area contributed by atoms with Crippen LogP contribution in [0.15, 0.2) is 46.9 Å². The van der Waals surface area contributed by atoms with Gasteiger partial charge in [0.1, 0.15) is 0 Å². The number of nitrogens with two attached hydrogens (primary N) is 1. The first-order valence-electron chi connectivity index (χ1n) is 6.30. The van der Waals surface area contributed by atoms with E-state index < -0.39 is 0 Å². The van der Waals surface area contributed by atoms with Crippen LogP contribution >= 0.6 is 15.9 Å². The maximum atomic E-state index is 12.2. The van der Waals surface area contributed by atoms with E-state index in [2.05, 4.69) is 15.9 Å². The highest BCUT2D eigenvalue weighted by molar-refractivity contribution is 9.10. The van der Waals surface area contributed by atoms with E-state index in [0.29, 0.717) is 22.7 Å². The molecule has 1 heterocycles. The van der Waals surface area contributed by atoms with Crippen molar-refractivity contribution in [3.63, 3.8) is 0 Å². The molecule has 2 aromatic rings. The molecule has 4 nitrogen and oxygen atoms in total. The summed E-state index contributed by atoms with van der Waals surface area (Å²) in [6.07, 6.45) is 3.25. The Labute approximate surface area is 130 Å². The van der Waals surface area contributed by atoms with Gasteiger partial charge < -0.3 is 15.2 Å². The number of fused-ring (bicyclic) bond motifs is 1. The van der Waals surface area contributed by atoms with E-state index >= 15 is 0 Å². The molecule has 106 valence electrons. The number of carbonyl (C=O) groups excluding carboxylic acids is 1. The van der Waals surface area contributed by atoms with Crippen molar-refractivity contribution < 1.29 is 14.3 Å². The van der Waals surface area contributed by atoms with E-state index in [1.165, 1.54) is 6.08 Å². The maximum Gasteiger partial charge on any atom is 0.231 e. The van der Waals surface area contributed by atoms with Gasteiger partial charge in [0, 0.05) is 21.8 Å². The Balaban J connectivity index is 1.84. The number of nitrogen functional groups attached to an aromatic ring is 1. The van der Waals surface area contributed by atoms with Gasteiger partial charge in [0.15, 0.2) is 17.3 Å². The molecular weight excluding hydrogens is 334 g/mol. The number of ether oxygens (including phenoxy) is 2. The molecule has 3 rings (SSSR count). The summed E-state index contributed by atoms with van der Waals surface area (Å²) in [5, 5.41) is 0. The molecule has 0 unspecified atom stereocenters. The number of rotatable bonds is 3. The molecule has 0 amide bonds. The molecule has 0 bridgehead atoms. The van der Waals surface area contributed by atoms with Crippen LogP contribution in [0.25, 0.3) is 6.08 Å². The molecule has 0 atom stereocenters. The quantitative estimate of drug-likeness (QED) is 0.523. The summed E-state index contributed by atoms with van der Waals surface area (Å²) in [6, 6.07) is 10.9. The fourth-order valence-corrected chi connectivity index (χ4v) is 2.27. The maximum absolute atomic E-state index is 12.2. The minimum atomic E-state index is -0.172. The van der Waals surface area contributed by atoms with Crippen LogP contribution in [0, 0.1) is 0 Å². The number of carbonyl (C=O) groups is 1. The lowest BCUT2D eigenvalue weighted by Crippen LogP contribution is -2.00. The normalized spacial score (nSPS) is 12.8. The molecule has 0 saturated heterocycles. The number of anilines is 1. The molecule has 0 spiro atoms. The Morgan fingerprint density at radius 3 is 2.52 bits per heavy atom. The van der Waals surface area contributed by atoms with Crippen molar-refractivity contribution in [1.82, 2.24) is 0 Å². The second kappa shape index (κ2) is 5.61. The third-order valence-corrected chi connectivity index (χ3v) is 3.64.